The van der Waals surface area contributed by atoms with E-state index in [1.165, 1.54) is 6.33 Å². The van der Waals surface area contributed by atoms with E-state index in [0.29, 0.717) is 25.3 Å². The number of benzene rings is 2. The predicted octanol–water partition coefficient (Wildman–Crippen LogP) is 3.39. The van der Waals surface area contributed by atoms with Crippen LogP contribution in [-0.2, 0) is 17.0 Å². The summed E-state index contributed by atoms with van der Waals surface area (Å²) in [5.74, 6) is 0.770. The van der Waals surface area contributed by atoms with Gasteiger partial charge in [-0.15, -0.1) is 0 Å². The first-order valence-corrected chi connectivity index (χ1v) is 9.64. The molecule has 0 aliphatic carbocycles. The molecule has 0 aliphatic heterocycles. The molecule has 3 aromatic rings. The number of nitrogens with one attached hydrogen (secondary N) is 1. The van der Waals surface area contributed by atoms with Gasteiger partial charge in [0.05, 0.1) is 6.61 Å². The summed E-state index contributed by atoms with van der Waals surface area (Å²) in [5, 5.41) is 7.44. The maximum absolute atomic E-state index is 13.0. The van der Waals surface area contributed by atoms with Crippen LogP contribution in [0.15, 0.2) is 66.1 Å². The van der Waals surface area contributed by atoms with E-state index in [-0.39, 0.29) is 5.91 Å². The fraction of sp³-hybridized carbons (Fsp3) is 0.250. The summed E-state index contributed by atoms with van der Waals surface area (Å²) < 4.78 is 5.17. The molecule has 0 radical (unpaired) electrons. The van der Waals surface area contributed by atoms with Crippen LogP contribution in [0.3, 0.4) is 0 Å². The van der Waals surface area contributed by atoms with Crippen LogP contribution in [0.1, 0.15) is 21.5 Å². The lowest BCUT2D eigenvalue weighted by Crippen LogP contribution is -2.33. The molecule has 1 aromatic heterocycles. The number of aromatic amines is 1. The van der Waals surface area contributed by atoms with Crippen molar-refractivity contribution >= 4 is 17.7 Å². The second-order valence-corrected chi connectivity index (χ2v) is 6.95. The van der Waals surface area contributed by atoms with Crippen molar-refractivity contribution in [2.75, 3.05) is 20.3 Å². The number of methoxy groups -OCH3 is 1. The lowest BCUT2D eigenvalue weighted by Gasteiger charge is -2.23. The third-order valence-electron chi connectivity index (χ3n) is 4.04. The molecule has 1 amide bonds. The highest BCUT2D eigenvalue weighted by molar-refractivity contribution is 7.98. The van der Waals surface area contributed by atoms with Gasteiger partial charge in [-0.25, -0.2) is 4.98 Å². The molecule has 3 rings (SSSR count). The van der Waals surface area contributed by atoms with Gasteiger partial charge in [-0.1, -0.05) is 54.2 Å². The molecule has 0 atom stereocenters. The molecule has 6 nitrogen and oxygen atoms in total. The number of hydrogen-bond acceptors (Lipinski definition) is 5. The molecule has 0 aliphatic rings. The Morgan fingerprint density at radius 3 is 2.56 bits per heavy atom. The molecule has 1 N–H and O–H groups in total. The van der Waals surface area contributed by atoms with Crippen molar-refractivity contribution in [2.45, 2.75) is 17.5 Å². The molecule has 0 fully saturated rings. The van der Waals surface area contributed by atoms with Crippen LogP contribution >= 0.6 is 11.8 Å². The van der Waals surface area contributed by atoms with E-state index in [1.807, 2.05) is 59.5 Å². The van der Waals surface area contributed by atoms with Gasteiger partial charge in [0.1, 0.15) is 6.33 Å². The Kier molecular flexibility index (Phi) is 7.01. The highest BCUT2D eigenvalue weighted by Gasteiger charge is 2.16. The minimum atomic E-state index is 0.00495. The molecule has 1 heterocycles. The Hall–Kier alpha value is -2.64. The van der Waals surface area contributed by atoms with Crippen molar-refractivity contribution in [1.29, 1.82) is 0 Å². The van der Waals surface area contributed by atoms with Crippen molar-refractivity contribution in [3.63, 3.8) is 0 Å². The topological polar surface area (TPSA) is 71.1 Å². The average Bonchev–Trinajstić information content (AvgIpc) is 3.24. The van der Waals surface area contributed by atoms with Crippen molar-refractivity contribution < 1.29 is 9.53 Å². The lowest BCUT2D eigenvalue weighted by atomic mass is 10.1. The monoisotopic (exact) mass is 382 g/mol. The second-order valence-electron chi connectivity index (χ2n) is 5.98. The Labute approximate surface area is 163 Å². The minimum Gasteiger partial charge on any atom is -0.383 e. The first kappa shape index (κ1) is 19.1. The standard InChI is InChI=1S/C20H22N4O2S/c1-26-12-11-24(13-16-5-3-2-4-6-16)19(25)18-9-7-17(8-10-18)14-27-20-21-15-22-23-20/h2-10,15H,11-14H2,1H3,(H,21,22,23). The Morgan fingerprint density at radius 2 is 1.89 bits per heavy atom. The maximum Gasteiger partial charge on any atom is 0.254 e. The van der Waals surface area contributed by atoms with Gasteiger partial charge >= 0.3 is 0 Å². The van der Waals surface area contributed by atoms with E-state index in [9.17, 15) is 4.79 Å². The Bertz CT molecular complexity index is 823. The van der Waals surface area contributed by atoms with Crippen LogP contribution in [0.25, 0.3) is 0 Å². The molecule has 7 heteroatoms. The summed E-state index contributed by atoms with van der Waals surface area (Å²) in [5.41, 5.74) is 2.90. The summed E-state index contributed by atoms with van der Waals surface area (Å²) in [6.07, 6.45) is 1.49. The van der Waals surface area contributed by atoms with E-state index >= 15 is 0 Å². The number of H-pyrrole nitrogens is 1. The zero-order chi connectivity index (χ0) is 18.9. The third kappa shape index (κ3) is 5.67. The van der Waals surface area contributed by atoms with Crippen molar-refractivity contribution in [1.82, 2.24) is 20.1 Å². The highest BCUT2D eigenvalue weighted by Crippen LogP contribution is 2.19. The first-order chi connectivity index (χ1) is 13.3. The Morgan fingerprint density at radius 1 is 1.11 bits per heavy atom. The normalized spacial score (nSPS) is 10.7. The van der Waals surface area contributed by atoms with Crippen LogP contribution in [0, 0.1) is 0 Å². The number of nitrogens with zero attached hydrogens (tertiary/aromatic N) is 3. The molecular formula is C20H22N4O2S. The van der Waals surface area contributed by atoms with Gasteiger partial charge in [-0.05, 0) is 23.3 Å². The van der Waals surface area contributed by atoms with Crippen LogP contribution < -0.4 is 0 Å². The van der Waals surface area contributed by atoms with Crippen LogP contribution in [0.4, 0.5) is 0 Å². The Balaban J connectivity index is 1.65. The van der Waals surface area contributed by atoms with E-state index in [1.54, 1.807) is 18.9 Å². The molecule has 140 valence electrons. The maximum atomic E-state index is 13.0. The largest absolute Gasteiger partial charge is 0.383 e. The fourth-order valence-corrected chi connectivity index (χ4v) is 3.33. The third-order valence-corrected chi connectivity index (χ3v) is 4.99. The SMILES string of the molecule is COCCN(Cc1ccccc1)C(=O)c1ccc(CSc2ncn[nH]2)cc1. The molecule has 0 bridgehead atoms. The summed E-state index contributed by atoms with van der Waals surface area (Å²) >= 11 is 1.57. The molecule has 0 unspecified atom stereocenters. The number of aromatic nitrogens is 3. The van der Waals surface area contributed by atoms with Crippen molar-refractivity contribution in [3.05, 3.63) is 77.6 Å². The summed E-state index contributed by atoms with van der Waals surface area (Å²) in [7, 11) is 1.65. The van der Waals surface area contributed by atoms with Gasteiger partial charge in [0.25, 0.3) is 5.91 Å². The molecule has 2 aromatic carbocycles. The zero-order valence-electron chi connectivity index (χ0n) is 15.2. The average molecular weight is 382 g/mol. The second kappa shape index (κ2) is 9.89. The summed E-state index contributed by atoms with van der Waals surface area (Å²) in [6, 6.07) is 17.7. The number of rotatable bonds is 9. The van der Waals surface area contributed by atoms with E-state index in [4.69, 9.17) is 4.74 Å². The zero-order valence-corrected chi connectivity index (χ0v) is 16.0. The van der Waals surface area contributed by atoms with Crippen LogP contribution in [0.2, 0.25) is 0 Å². The first-order valence-electron chi connectivity index (χ1n) is 8.65. The number of hydrogen-bond donors (Lipinski definition) is 1. The summed E-state index contributed by atoms with van der Waals surface area (Å²) in [4.78, 5) is 18.9. The van der Waals surface area contributed by atoms with Crippen LogP contribution in [-0.4, -0.2) is 46.2 Å². The molecular weight excluding hydrogens is 360 g/mol. The van der Waals surface area contributed by atoms with Crippen molar-refractivity contribution in [2.24, 2.45) is 0 Å². The van der Waals surface area contributed by atoms with Crippen molar-refractivity contribution in [3.8, 4) is 0 Å². The number of amides is 1. The predicted molar refractivity (Wildman–Crippen MR) is 105 cm³/mol. The molecule has 0 saturated carbocycles. The summed E-state index contributed by atoms with van der Waals surface area (Å²) in [6.45, 7) is 1.62. The molecule has 27 heavy (non-hydrogen) atoms. The smallest absolute Gasteiger partial charge is 0.254 e. The van der Waals surface area contributed by atoms with E-state index < -0.39 is 0 Å². The number of carbonyl (C=O) groups is 1. The number of carbonyl (C=O) groups excluding carboxylic acids is 1. The van der Waals surface area contributed by atoms with Gasteiger partial charge in [-0.3, -0.25) is 9.89 Å². The van der Waals surface area contributed by atoms with Gasteiger partial charge in [0.15, 0.2) is 5.16 Å². The van der Waals surface area contributed by atoms with Crippen LogP contribution in [0.5, 0.6) is 0 Å². The molecule has 0 saturated heterocycles. The fourth-order valence-electron chi connectivity index (χ4n) is 2.60. The number of thioether (sulfide) groups is 1. The quantitative estimate of drug-likeness (QED) is 0.575. The number of ether oxygens (including phenoxy) is 1. The molecule has 0 spiro atoms. The minimum absolute atomic E-state index is 0.00495. The van der Waals surface area contributed by atoms with E-state index in [2.05, 4.69) is 15.2 Å². The lowest BCUT2D eigenvalue weighted by molar-refractivity contribution is 0.0680. The van der Waals surface area contributed by atoms with Gasteiger partial charge in [-0.2, -0.15) is 5.10 Å². The van der Waals surface area contributed by atoms with Gasteiger partial charge in [0.2, 0.25) is 0 Å². The van der Waals surface area contributed by atoms with Gasteiger partial charge in [0, 0.05) is 31.5 Å². The van der Waals surface area contributed by atoms with E-state index in [0.717, 1.165) is 22.0 Å². The highest BCUT2D eigenvalue weighted by atomic mass is 32.2. The van der Waals surface area contributed by atoms with Gasteiger partial charge < -0.3 is 9.64 Å².